The monoisotopic (exact) mass is 570 g/mol. The number of nitrogens with one attached hydrogen (secondary N) is 1. The summed E-state index contributed by atoms with van der Waals surface area (Å²) >= 11 is 0. The molecule has 0 saturated heterocycles. The summed E-state index contributed by atoms with van der Waals surface area (Å²) in [6.07, 6.45) is 12.3. The number of pyridine rings is 1. The Balaban J connectivity index is 1.53. The molecule has 1 aliphatic rings. The number of benzene rings is 2. The molecule has 1 aliphatic heterocycles. The topological polar surface area (TPSA) is 95.3 Å². The average Bonchev–Trinajstić information content (AvgIpc) is 3.58. The molecular formula is C35H30N4O4. The molecule has 0 aliphatic carbocycles. The number of carbonyl (C=O) groups is 2. The second-order valence-corrected chi connectivity index (χ2v) is 9.56. The molecule has 1 unspecified atom stereocenters. The standard InChI is InChI=1S/C35H30N4O4/c1-3-42-35(41)32-30(18-13-26-9-5-4-6-10-26)31(34(40)43-22-8-12-27-11-7-19-36-23-27)25(2)38-33(32)28-14-16-29(17-15-28)39-21-20-37-24-39/h4-7,9-11,13-21,23-24,30,38H,3,22H2,1-2H3/b18-13+. The lowest BCUT2D eigenvalue weighted by Crippen LogP contribution is -2.33. The molecule has 1 atom stereocenters. The summed E-state index contributed by atoms with van der Waals surface area (Å²) in [4.78, 5) is 35.3. The van der Waals surface area contributed by atoms with Gasteiger partial charge in [0.05, 0.1) is 29.8 Å². The summed E-state index contributed by atoms with van der Waals surface area (Å²) in [5.41, 5.74) is 5.05. The van der Waals surface area contributed by atoms with Crippen molar-refractivity contribution in [1.29, 1.82) is 0 Å². The van der Waals surface area contributed by atoms with Crippen molar-refractivity contribution in [1.82, 2.24) is 19.9 Å². The van der Waals surface area contributed by atoms with Gasteiger partial charge in [-0.25, -0.2) is 14.6 Å². The number of carbonyl (C=O) groups excluding carboxylic acids is 2. The van der Waals surface area contributed by atoms with Gasteiger partial charge in [0.25, 0.3) is 0 Å². The Morgan fingerprint density at radius 1 is 0.953 bits per heavy atom. The highest BCUT2D eigenvalue weighted by atomic mass is 16.5. The quantitative estimate of drug-likeness (QED) is 0.226. The smallest absolute Gasteiger partial charge is 0.337 e. The molecule has 0 amide bonds. The van der Waals surface area contributed by atoms with Crippen molar-refractivity contribution in [3.8, 4) is 17.5 Å². The minimum atomic E-state index is -0.748. The fourth-order valence-corrected chi connectivity index (χ4v) is 4.73. The number of allylic oxidation sites excluding steroid dienone is 2. The van der Waals surface area contributed by atoms with Crippen LogP contribution in [0.15, 0.2) is 121 Å². The van der Waals surface area contributed by atoms with E-state index >= 15 is 0 Å². The summed E-state index contributed by atoms with van der Waals surface area (Å²) in [6.45, 7) is 3.60. The van der Waals surface area contributed by atoms with Gasteiger partial charge in [0.15, 0.2) is 6.61 Å². The predicted molar refractivity (Wildman–Crippen MR) is 164 cm³/mol. The van der Waals surface area contributed by atoms with E-state index in [0.29, 0.717) is 28.1 Å². The number of rotatable bonds is 8. The lowest BCUT2D eigenvalue weighted by Gasteiger charge is -2.30. The zero-order chi connectivity index (χ0) is 30.0. The van der Waals surface area contributed by atoms with Crippen LogP contribution >= 0.6 is 0 Å². The summed E-state index contributed by atoms with van der Waals surface area (Å²) in [5.74, 6) is 3.94. The van der Waals surface area contributed by atoms with Crippen molar-refractivity contribution in [3.05, 3.63) is 137 Å². The maximum atomic E-state index is 13.6. The van der Waals surface area contributed by atoms with Crippen LogP contribution in [0.3, 0.4) is 0 Å². The highest BCUT2D eigenvalue weighted by molar-refractivity contribution is 6.04. The van der Waals surface area contributed by atoms with Crippen LogP contribution in [-0.4, -0.2) is 39.7 Å². The van der Waals surface area contributed by atoms with E-state index in [1.54, 1.807) is 44.8 Å². The molecule has 4 aromatic rings. The van der Waals surface area contributed by atoms with E-state index in [2.05, 4.69) is 27.1 Å². The molecule has 0 spiro atoms. The van der Waals surface area contributed by atoms with Crippen molar-refractivity contribution in [2.45, 2.75) is 13.8 Å². The number of esters is 2. The van der Waals surface area contributed by atoms with E-state index in [-0.39, 0.29) is 13.2 Å². The lowest BCUT2D eigenvalue weighted by molar-refractivity contribution is -0.139. The van der Waals surface area contributed by atoms with Gasteiger partial charge in [-0.3, -0.25) is 4.98 Å². The van der Waals surface area contributed by atoms with Crippen LogP contribution in [0.1, 0.15) is 30.5 Å². The first-order chi connectivity index (χ1) is 21.0. The average molecular weight is 571 g/mol. The molecule has 214 valence electrons. The third-order valence-corrected chi connectivity index (χ3v) is 6.73. The maximum absolute atomic E-state index is 13.6. The van der Waals surface area contributed by atoms with Gasteiger partial charge in [0.1, 0.15) is 0 Å². The fourth-order valence-electron chi connectivity index (χ4n) is 4.73. The van der Waals surface area contributed by atoms with E-state index < -0.39 is 17.9 Å². The molecule has 2 aromatic carbocycles. The normalized spacial score (nSPS) is 14.6. The minimum absolute atomic E-state index is 0.124. The lowest BCUT2D eigenvalue weighted by atomic mass is 9.83. The van der Waals surface area contributed by atoms with E-state index in [1.807, 2.05) is 83.6 Å². The van der Waals surface area contributed by atoms with Gasteiger partial charge in [-0.05, 0) is 49.2 Å². The third-order valence-electron chi connectivity index (χ3n) is 6.73. The van der Waals surface area contributed by atoms with E-state index in [1.165, 1.54) is 0 Å². The highest BCUT2D eigenvalue weighted by Gasteiger charge is 2.37. The molecule has 3 heterocycles. The Hall–Kier alpha value is -5.68. The van der Waals surface area contributed by atoms with Crippen LogP contribution in [0.25, 0.3) is 17.5 Å². The van der Waals surface area contributed by atoms with E-state index in [4.69, 9.17) is 9.47 Å². The van der Waals surface area contributed by atoms with Gasteiger partial charge < -0.3 is 19.4 Å². The summed E-state index contributed by atoms with van der Waals surface area (Å²) in [5, 5.41) is 3.31. The number of hydrogen-bond donors (Lipinski definition) is 1. The van der Waals surface area contributed by atoms with Gasteiger partial charge >= 0.3 is 11.9 Å². The molecule has 2 aromatic heterocycles. The van der Waals surface area contributed by atoms with Gasteiger partial charge in [-0.15, -0.1) is 0 Å². The molecule has 0 bridgehead atoms. The first-order valence-corrected chi connectivity index (χ1v) is 13.8. The second kappa shape index (κ2) is 13.8. The molecule has 5 rings (SSSR count). The summed E-state index contributed by atoms with van der Waals surface area (Å²) in [7, 11) is 0. The summed E-state index contributed by atoms with van der Waals surface area (Å²) in [6, 6.07) is 21.0. The number of ether oxygens (including phenoxy) is 2. The first kappa shape index (κ1) is 28.8. The van der Waals surface area contributed by atoms with Crippen molar-refractivity contribution in [2.75, 3.05) is 13.2 Å². The number of dihydropyridines is 1. The van der Waals surface area contributed by atoms with Gasteiger partial charge in [0, 0.05) is 47.7 Å². The van der Waals surface area contributed by atoms with Crippen LogP contribution in [-0.2, 0) is 19.1 Å². The zero-order valence-electron chi connectivity index (χ0n) is 23.9. The third kappa shape index (κ3) is 6.97. The Morgan fingerprint density at radius 3 is 2.44 bits per heavy atom. The fraction of sp³-hybridized carbons (Fsp3) is 0.143. The molecule has 8 heteroatoms. The minimum Gasteiger partial charge on any atom is -0.463 e. The molecule has 0 fully saturated rings. The van der Waals surface area contributed by atoms with Gasteiger partial charge in [-0.2, -0.15) is 0 Å². The van der Waals surface area contributed by atoms with Crippen LogP contribution in [0, 0.1) is 17.8 Å². The molecule has 43 heavy (non-hydrogen) atoms. The molecule has 0 radical (unpaired) electrons. The Bertz CT molecular complexity index is 1730. The Morgan fingerprint density at radius 2 is 1.74 bits per heavy atom. The largest absolute Gasteiger partial charge is 0.463 e. The van der Waals surface area contributed by atoms with Crippen molar-refractivity contribution < 1.29 is 19.1 Å². The number of imidazole rings is 1. The second-order valence-electron chi connectivity index (χ2n) is 9.56. The zero-order valence-corrected chi connectivity index (χ0v) is 23.9. The Labute approximate surface area is 250 Å². The molecule has 1 N–H and O–H groups in total. The SMILES string of the molecule is CCOC(=O)C1=C(c2ccc(-n3ccnc3)cc2)NC(C)=C(C(=O)OCC#Cc2cccnc2)C1/C=C/c1ccccc1. The van der Waals surface area contributed by atoms with Crippen molar-refractivity contribution in [2.24, 2.45) is 5.92 Å². The Kier molecular flexibility index (Phi) is 9.25. The van der Waals surface area contributed by atoms with Crippen LogP contribution in [0.5, 0.6) is 0 Å². The predicted octanol–water partition coefficient (Wildman–Crippen LogP) is 5.34. The van der Waals surface area contributed by atoms with Crippen LogP contribution < -0.4 is 5.32 Å². The van der Waals surface area contributed by atoms with Crippen molar-refractivity contribution in [3.63, 3.8) is 0 Å². The van der Waals surface area contributed by atoms with Crippen molar-refractivity contribution >= 4 is 23.7 Å². The highest BCUT2D eigenvalue weighted by Crippen LogP contribution is 2.37. The van der Waals surface area contributed by atoms with Crippen LogP contribution in [0.2, 0.25) is 0 Å². The number of nitrogens with zero attached hydrogens (tertiary/aromatic N) is 3. The molecule has 0 saturated carbocycles. The van der Waals surface area contributed by atoms with Gasteiger partial charge in [0.2, 0.25) is 0 Å². The number of aromatic nitrogens is 3. The first-order valence-electron chi connectivity index (χ1n) is 13.8. The molecule has 8 nitrogen and oxygen atoms in total. The summed E-state index contributed by atoms with van der Waals surface area (Å²) < 4.78 is 13.0. The number of hydrogen-bond acceptors (Lipinski definition) is 7. The molecular weight excluding hydrogens is 540 g/mol. The maximum Gasteiger partial charge on any atom is 0.337 e. The van der Waals surface area contributed by atoms with Gasteiger partial charge in [-0.1, -0.05) is 66.5 Å². The van der Waals surface area contributed by atoms with E-state index in [0.717, 1.165) is 16.8 Å². The van der Waals surface area contributed by atoms with Crippen LogP contribution in [0.4, 0.5) is 0 Å². The van der Waals surface area contributed by atoms with E-state index in [9.17, 15) is 9.59 Å².